The molecule has 2 aliphatic rings. The van der Waals surface area contributed by atoms with E-state index in [9.17, 15) is 14.7 Å². The normalized spacial score (nSPS) is 23.2. The van der Waals surface area contributed by atoms with Gasteiger partial charge in [0, 0.05) is 12.1 Å². The Labute approximate surface area is 153 Å². The Hall–Kier alpha value is -2.28. The maximum absolute atomic E-state index is 12.9. The van der Waals surface area contributed by atoms with Crippen LogP contribution in [0.15, 0.2) is 18.2 Å². The molecule has 0 aromatic heterocycles. The topological polar surface area (TPSA) is 79.3 Å². The molecule has 0 aliphatic carbocycles. The molecule has 1 unspecified atom stereocenters. The van der Waals surface area contributed by atoms with Gasteiger partial charge in [0.25, 0.3) is 0 Å². The molecule has 26 heavy (non-hydrogen) atoms. The summed E-state index contributed by atoms with van der Waals surface area (Å²) >= 11 is 0. The molecule has 2 heterocycles. The largest absolute Gasteiger partial charge is 0.497 e. The summed E-state index contributed by atoms with van der Waals surface area (Å²) in [5, 5.41) is 9.32. The van der Waals surface area contributed by atoms with Crippen LogP contribution >= 0.6 is 0 Å². The smallest absolute Gasteiger partial charge is 0.320 e. The van der Waals surface area contributed by atoms with Gasteiger partial charge in [-0.15, -0.1) is 0 Å². The average molecular weight is 362 g/mol. The van der Waals surface area contributed by atoms with Gasteiger partial charge in [-0.2, -0.15) is 0 Å². The maximum atomic E-state index is 12.9. The molecule has 7 nitrogen and oxygen atoms in total. The predicted octanol–water partition coefficient (Wildman–Crippen LogP) is 1.92. The molecule has 1 aromatic rings. The summed E-state index contributed by atoms with van der Waals surface area (Å²) in [4.78, 5) is 27.9. The number of hydrogen-bond donors (Lipinski definition) is 1. The molecule has 0 bridgehead atoms. The van der Waals surface area contributed by atoms with Crippen LogP contribution in [-0.4, -0.2) is 66.7 Å². The van der Waals surface area contributed by atoms with Crippen LogP contribution in [0, 0.1) is 0 Å². The molecule has 2 aliphatic heterocycles. The minimum absolute atomic E-state index is 0.0227. The van der Waals surface area contributed by atoms with Crippen molar-refractivity contribution in [2.45, 2.75) is 37.8 Å². The van der Waals surface area contributed by atoms with Crippen LogP contribution in [-0.2, 0) is 9.59 Å². The molecule has 7 heteroatoms. The van der Waals surface area contributed by atoms with Gasteiger partial charge in [-0.3, -0.25) is 14.5 Å². The molecule has 1 N–H and O–H groups in total. The van der Waals surface area contributed by atoms with E-state index in [1.54, 1.807) is 19.1 Å². The zero-order chi connectivity index (χ0) is 18.7. The molecule has 3 rings (SSSR count). The fourth-order valence-corrected chi connectivity index (χ4v) is 4.05. The second-order valence-electron chi connectivity index (χ2n) is 6.82. The van der Waals surface area contributed by atoms with E-state index in [1.165, 1.54) is 0 Å². The SMILES string of the molecule is COc1ccc(OC)c(C2CCCN2C(=O)CN2CCC[C@H]2C(=O)O)c1. The first-order valence-corrected chi connectivity index (χ1v) is 9.03. The lowest BCUT2D eigenvalue weighted by Crippen LogP contribution is -2.44. The van der Waals surface area contributed by atoms with Gasteiger partial charge in [0.1, 0.15) is 17.5 Å². The zero-order valence-corrected chi connectivity index (χ0v) is 15.3. The molecule has 1 aromatic carbocycles. The van der Waals surface area contributed by atoms with Gasteiger partial charge < -0.3 is 19.5 Å². The minimum Gasteiger partial charge on any atom is -0.497 e. The Bertz CT molecular complexity index is 678. The minimum atomic E-state index is -0.845. The molecule has 2 fully saturated rings. The van der Waals surface area contributed by atoms with Crippen molar-refractivity contribution in [2.75, 3.05) is 33.9 Å². The number of amides is 1. The van der Waals surface area contributed by atoms with E-state index >= 15 is 0 Å². The van der Waals surface area contributed by atoms with Crippen LogP contribution < -0.4 is 9.47 Å². The molecule has 0 radical (unpaired) electrons. The number of aliphatic carboxylic acids is 1. The van der Waals surface area contributed by atoms with Crippen molar-refractivity contribution in [3.05, 3.63) is 23.8 Å². The number of ether oxygens (including phenoxy) is 2. The standard InChI is InChI=1S/C19H26N2O5/c1-25-13-7-8-17(26-2)14(11-13)15-5-4-10-21(15)18(22)12-20-9-3-6-16(20)19(23)24/h7-8,11,15-16H,3-6,9-10,12H2,1-2H3,(H,23,24)/t15?,16-/m0/s1. The number of carboxylic acid groups (broad SMARTS) is 1. The van der Waals surface area contributed by atoms with E-state index in [0.717, 1.165) is 36.3 Å². The monoisotopic (exact) mass is 362 g/mol. The Morgan fingerprint density at radius 3 is 2.62 bits per heavy atom. The molecule has 142 valence electrons. The molecular formula is C19H26N2O5. The van der Waals surface area contributed by atoms with E-state index in [-0.39, 0.29) is 18.5 Å². The number of hydrogen-bond acceptors (Lipinski definition) is 5. The Kier molecular flexibility index (Phi) is 5.66. The van der Waals surface area contributed by atoms with Crippen molar-refractivity contribution < 1.29 is 24.2 Å². The third-order valence-electron chi connectivity index (χ3n) is 5.36. The van der Waals surface area contributed by atoms with Crippen LogP contribution in [0.2, 0.25) is 0 Å². The van der Waals surface area contributed by atoms with Crippen LogP contribution in [0.1, 0.15) is 37.3 Å². The van der Waals surface area contributed by atoms with E-state index in [4.69, 9.17) is 9.47 Å². The second kappa shape index (κ2) is 7.95. The fourth-order valence-electron chi connectivity index (χ4n) is 4.05. The van der Waals surface area contributed by atoms with Gasteiger partial charge in [-0.25, -0.2) is 0 Å². The highest BCUT2D eigenvalue weighted by atomic mass is 16.5. The van der Waals surface area contributed by atoms with Gasteiger partial charge in [-0.1, -0.05) is 0 Å². The van der Waals surface area contributed by atoms with Crippen LogP contribution in [0.5, 0.6) is 11.5 Å². The summed E-state index contributed by atoms with van der Waals surface area (Å²) in [7, 11) is 3.23. The predicted molar refractivity (Wildman–Crippen MR) is 95.5 cm³/mol. The first kappa shape index (κ1) is 18.5. The molecule has 2 atom stereocenters. The number of benzene rings is 1. The zero-order valence-electron chi connectivity index (χ0n) is 15.3. The van der Waals surface area contributed by atoms with E-state index < -0.39 is 12.0 Å². The van der Waals surface area contributed by atoms with Gasteiger partial charge >= 0.3 is 5.97 Å². The highest BCUT2D eigenvalue weighted by Gasteiger charge is 2.36. The molecule has 0 saturated carbocycles. The first-order chi connectivity index (χ1) is 12.5. The Balaban J connectivity index is 1.78. The average Bonchev–Trinajstić information content (AvgIpc) is 3.30. The number of likely N-dealkylation sites (tertiary alicyclic amines) is 2. The van der Waals surface area contributed by atoms with Crippen LogP contribution in [0.4, 0.5) is 0 Å². The van der Waals surface area contributed by atoms with Crippen molar-refractivity contribution >= 4 is 11.9 Å². The Morgan fingerprint density at radius 2 is 1.92 bits per heavy atom. The van der Waals surface area contributed by atoms with Crippen molar-refractivity contribution in [1.29, 1.82) is 0 Å². The number of nitrogens with zero attached hydrogens (tertiary/aromatic N) is 2. The van der Waals surface area contributed by atoms with Crippen LogP contribution in [0.3, 0.4) is 0 Å². The van der Waals surface area contributed by atoms with E-state index in [0.29, 0.717) is 19.5 Å². The summed E-state index contributed by atoms with van der Waals surface area (Å²) in [6.07, 6.45) is 3.20. The van der Waals surface area contributed by atoms with Gasteiger partial charge in [0.15, 0.2) is 0 Å². The molecule has 1 amide bonds. The summed E-state index contributed by atoms with van der Waals surface area (Å²) in [6.45, 7) is 1.49. The van der Waals surface area contributed by atoms with Crippen molar-refractivity contribution in [1.82, 2.24) is 9.80 Å². The van der Waals surface area contributed by atoms with Gasteiger partial charge in [-0.05, 0) is 50.4 Å². The molecule has 2 saturated heterocycles. The number of carboxylic acids is 1. The van der Waals surface area contributed by atoms with Gasteiger partial charge in [0.05, 0.1) is 26.8 Å². The lowest BCUT2D eigenvalue weighted by molar-refractivity contribution is -0.143. The summed E-state index contributed by atoms with van der Waals surface area (Å²) in [6, 6.07) is 5.00. The quantitative estimate of drug-likeness (QED) is 0.833. The van der Waals surface area contributed by atoms with E-state index in [1.807, 2.05) is 23.1 Å². The van der Waals surface area contributed by atoms with Crippen molar-refractivity contribution in [2.24, 2.45) is 0 Å². The third kappa shape index (κ3) is 3.62. The molecular weight excluding hydrogens is 336 g/mol. The lowest BCUT2D eigenvalue weighted by Gasteiger charge is -2.29. The summed E-state index contributed by atoms with van der Waals surface area (Å²) in [5.41, 5.74) is 0.939. The Morgan fingerprint density at radius 1 is 1.15 bits per heavy atom. The second-order valence-corrected chi connectivity index (χ2v) is 6.82. The summed E-state index contributed by atoms with van der Waals surface area (Å²) < 4.78 is 10.8. The number of carbonyl (C=O) groups excluding carboxylic acids is 1. The highest BCUT2D eigenvalue weighted by molar-refractivity contribution is 5.81. The van der Waals surface area contributed by atoms with Crippen LogP contribution in [0.25, 0.3) is 0 Å². The van der Waals surface area contributed by atoms with Crippen molar-refractivity contribution in [3.8, 4) is 11.5 Å². The highest BCUT2D eigenvalue weighted by Crippen LogP contribution is 2.39. The first-order valence-electron chi connectivity index (χ1n) is 9.03. The number of rotatable bonds is 6. The third-order valence-corrected chi connectivity index (χ3v) is 5.36. The fraction of sp³-hybridized carbons (Fsp3) is 0.579. The summed E-state index contributed by atoms with van der Waals surface area (Å²) in [5.74, 6) is 0.596. The number of carbonyl (C=O) groups is 2. The van der Waals surface area contributed by atoms with Crippen molar-refractivity contribution in [3.63, 3.8) is 0 Å². The van der Waals surface area contributed by atoms with E-state index in [2.05, 4.69) is 0 Å². The lowest BCUT2D eigenvalue weighted by atomic mass is 10.0. The van der Waals surface area contributed by atoms with Gasteiger partial charge in [0.2, 0.25) is 5.91 Å². The maximum Gasteiger partial charge on any atom is 0.320 e. The number of methoxy groups -OCH3 is 2. The molecule has 0 spiro atoms.